The van der Waals surface area contributed by atoms with E-state index in [0.29, 0.717) is 28.7 Å². The number of nitrogens with two attached hydrogens (primary N) is 1. The molecule has 0 unspecified atom stereocenters. The van der Waals surface area contributed by atoms with Gasteiger partial charge in [0.1, 0.15) is 22.8 Å². The standard InChI is InChI=1S/C28H34ClN3O7/c1-31(2)22-16-9-12-8-15-19(17(33)10-13(21(15)29)11-32(3)14-6-4-5-7-14)23(34)18(12)25(36)28(16,39)26(37)20(24(22)35)27(30)38/h10,12,14,16,22,33-34,37,39H,4-9,11H2,1-3H3,(H2,30,38)/t12-,16-,22-,28-/m0/s1. The molecule has 0 aliphatic heterocycles. The predicted molar refractivity (Wildman–Crippen MR) is 143 cm³/mol. The third-order valence-electron chi connectivity index (χ3n) is 9.10. The Morgan fingerprint density at radius 3 is 2.38 bits per heavy atom. The van der Waals surface area contributed by atoms with E-state index in [1.165, 1.54) is 23.8 Å². The zero-order valence-corrected chi connectivity index (χ0v) is 23.0. The number of carbonyl (C=O) groups is 3. The van der Waals surface area contributed by atoms with Crippen molar-refractivity contribution >= 4 is 34.8 Å². The number of fused-ring (bicyclic) bond motifs is 3. The van der Waals surface area contributed by atoms with Gasteiger partial charge in [-0.3, -0.25) is 24.2 Å². The molecule has 1 aromatic rings. The average Bonchev–Trinajstić information content (AvgIpc) is 3.39. The fraction of sp³-hybridized carbons (Fsp3) is 0.536. The molecule has 5 rings (SSSR count). The second-order valence-corrected chi connectivity index (χ2v) is 11.9. The first kappa shape index (κ1) is 27.6. The van der Waals surface area contributed by atoms with E-state index >= 15 is 0 Å². The third-order valence-corrected chi connectivity index (χ3v) is 9.57. The minimum atomic E-state index is -2.66. The van der Waals surface area contributed by atoms with Crippen molar-refractivity contribution in [2.24, 2.45) is 17.6 Å². The summed E-state index contributed by atoms with van der Waals surface area (Å²) in [6.45, 7) is 0.499. The number of phenols is 1. The second-order valence-electron chi connectivity index (χ2n) is 11.5. The number of aliphatic hydroxyl groups is 3. The van der Waals surface area contributed by atoms with E-state index in [-0.39, 0.29) is 29.7 Å². The molecule has 2 saturated carbocycles. The molecule has 39 heavy (non-hydrogen) atoms. The number of benzene rings is 1. The molecular weight excluding hydrogens is 526 g/mol. The van der Waals surface area contributed by atoms with Gasteiger partial charge in [-0.2, -0.15) is 0 Å². The van der Waals surface area contributed by atoms with Crippen molar-refractivity contribution in [3.63, 3.8) is 0 Å². The van der Waals surface area contributed by atoms with E-state index < -0.39 is 58.0 Å². The van der Waals surface area contributed by atoms with Gasteiger partial charge in [0.2, 0.25) is 5.78 Å². The van der Waals surface area contributed by atoms with Crippen LogP contribution in [-0.4, -0.2) is 86.5 Å². The first-order chi connectivity index (χ1) is 18.3. The number of likely N-dealkylation sites (N-methyl/N-ethyl adjacent to an activating group) is 1. The molecule has 10 nitrogen and oxygen atoms in total. The van der Waals surface area contributed by atoms with E-state index in [1.54, 1.807) is 14.1 Å². The molecule has 11 heteroatoms. The van der Waals surface area contributed by atoms with Crippen LogP contribution in [0.1, 0.15) is 48.8 Å². The summed E-state index contributed by atoms with van der Waals surface area (Å²) in [7, 11) is 5.14. The van der Waals surface area contributed by atoms with Crippen LogP contribution in [0, 0.1) is 11.8 Å². The summed E-state index contributed by atoms with van der Waals surface area (Å²) >= 11 is 6.86. The van der Waals surface area contributed by atoms with Crippen LogP contribution in [-0.2, 0) is 27.3 Å². The van der Waals surface area contributed by atoms with Crippen molar-refractivity contribution in [2.45, 2.75) is 62.8 Å². The number of amides is 1. The lowest BCUT2D eigenvalue weighted by atomic mass is 9.57. The molecule has 0 bridgehead atoms. The van der Waals surface area contributed by atoms with E-state index in [4.69, 9.17) is 17.3 Å². The Kier molecular flexibility index (Phi) is 6.82. The van der Waals surface area contributed by atoms with Gasteiger partial charge in [0, 0.05) is 29.1 Å². The Balaban J connectivity index is 1.62. The van der Waals surface area contributed by atoms with E-state index in [2.05, 4.69) is 4.90 Å². The number of primary amides is 1. The maximum atomic E-state index is 13.9. The fourth-order valence-corrected chi connectivity index (χ4v) is 7.49. The number of halogens is 1. The highest BCUT2D eigenvalue weighted by Gasteiger charge is 2.64. The van der Waals surface area contributed by atoms with Crippen LogP contribution in [0.2, 0.25) is 5.02 Å². The van der Waals surface area contributed by atoms with Gasteiger partial charge in [0.25, 0.3) is 5.91 Å². The van der Waals surface area contributed by atoms with Crippen LogP contribution < -0.4 is 5.73 Å². The average molecular weight is 560 g/mol. The van der Waals surface area contributed by atoms with Crippen molar-refractivity contribution in [3.05, 3.63) is 44.7 Å². The Morgan fingerprint density at radius 2 is 1.79 bits per heavy atom. The lowest BCUT2D eigenvalue weighted by molar-refractivity contribution is -0.153. The highest BCUT2D eigenvalue weighted by Crippen LogP contribution is 2.53. The quantitative estimate of drug-likeness (QED) is 0.339. The van der Waals surface area contributed by atoms with E-state index in [1.807, 2.05) is 7.05 Å². The summed E-state index contributed by atoms with van der Waals surface area (Å²) in [5, 5.41) is 45.3. The summed E-state index contributed by atoms with van der Waals surface area (Å²) in [5.41, 5.74) is 2.85. The highest BCUT2D eigenvalue weighted by molar-refractivity contribution is 6.32. The van der Waals surface area contributed by atoms with Gasteiger partial charge < -0.3 is 26.2 Å². The van der Waals surface area contributed by atoms with E-state index in [9.17, 15) is 34.8 Å². The van der Waals surface area contributed by atoms with Crippen LogP contribution in [0.3, 0.4) is 0 Å². The molecule has 0 spiro atoms. The predicted octanol–water partition coefficient (Wildman–Crippen LogP) is 1.99. The molecule has 0 aromatic heterocycles. The lowest BCUT2D eigenvalue weighted by Gasteiger charge is -2.50. The minimum absolute atomic E-state index is 0.00330. The van der Waals surface area contributed by atoms with Crippen molar-refractivity contribution in [1.82, 2.24) is 9.80 Å². The first-order valence-electron chi connectivity index (χ1n) is 13.2. The summed E-state index contributed by atoms with van der Waals surface area (Å²) in [5.74, 6) is -6.77. The molecule has 6 N–H and O–H groups in total. The highest BCUT2D eigenvalue weighted by atomic mass is 35.5. The number of rotatable bonds is 5. The maximum Gasteiger partial charge on any atom is 0.255 e. The monoisotopic (exact) mass is 559 g/mol. The van der Waals surface area contributed by atoms with Crippen molar-refractivity contribution in [3.8, 4) is 5.75 Å². The van der Waals surface area contributed by atoms with Gasteiger partial charge in [-0.25, -0.2) is 0 Å². The van der Waals surface area contributed by atoms with Gasteiger partial charge in [-0.05, 0) is 69.9 Å². The van der Waals surface area contributed by atoms with Gasteiger partial charge >= 0.3 is 0 Å². The Labute approximate surface area is 231 Å². The third kappa shape index (κ3) is 3.99. The van der Waals surface area contributed by atoms with Gasteiger partial charge in [0.05, 0.1) is 11.6 Å². The molecule has 1 amide bonds. The van der Waals surface area contributed by atoms with Crippen LogP contribution >= 0.6 is 11.6 Å². The smallest absolute Gasteiger partial charge is 0.255 e. The molecule has 210 valence electrons. The number of phenolic OH excluding ortho intramolecular Hbond substituents is 1. The van der Waals surface area contributed by atoms with Crippen molar-refractivity contribution in [2.75, 3.05) is 21.1 Å². The normalized spacial score (nSPS) is 29.3. The van der Waals surface area contributed by atoms with Crippen LogP contribution in [0.4, 0.5) is 0 Å². The number of nitrogens with zero attached hydrogens (tertiary/aromatic N) is 2. The molecule has 2 fully saturated rings. The number of carbonyl (C=O) groups excluding carboxylic acids is 3. The topological polar surface area (TPSA) is 165 Å². The molecule has 1 aromatic carbocycles. The van der Waals surface area contributed by atoms with Gasteiger partial charge in [-0.1, -0.05) is 24.4 Å². The number of hydrogen-bond acceptors (Lipinski definition) is 9. The van der Waals surface area contributed by atoms with Gasteiger partial charge in [0.15, 0.2) is 11.4 Å². The van der Waals surface area contributed by atoms with Crippen molar-refractivity contribution in [1.29, 1.82) is 0 Å². The van der Waals surface area contributed by atoms with Crippen LogP contribution in [0.25, 0.3) is 5.76 Å². The molecular formula is C28H34ClN3O7. The molecule has 0 saturated heterocycles. The number of ketones is 2. The molecule has 4 aliphatic rings. The van der Waals surface area contributed by atoms with Gasteiger partial charge in [-0.15, -0.1) is 0 Å². The number of aromatic hydroxyl groups is 1. The van der Waals surface area contributed by atoms with Crippen LogP contribution in [0.5, 0.6) is 5.75 Å². The molecule has 4 atom stereocenters. The molecule has 4 aliphatic carbocycles. The summed E-state index contributed by atoms with van der Waals surface area (Å²) in [4.78, 5) is 42.8. The Hall–Kier alpha value is -2.92. The fourth-order valence-electron chi connectivity index (χ4n) is 7.20. The zero-order valence-electron chi connectivity index (χ0n) is 22.2. The summed E-state index contributed by atoms with van der Waals surface area (Å²) in [6.07, 6.45) is 4.72. The summed E-state index contributed by atoms with van der Waals surface area (Å²) < 4.78 is 0. The molecule has 0 radical (unpaired) electrons. The number of aliphatic hydroxyl groups excluding tert-OH is 2. The lowest BCUT2D eigenvalue weighted by Crippen LogP contribution is -2.65. The van der Waals surface area contributed by atoms with E-state index in [0.717, 1.165) is 12.8 Å². The minimum Gasteiger partial charge on any atom is -0.508 e. The number of Topliss-reactive ketones (excluding diaryl/α,β-unsaturated/α-hetero) is 2. The number of hydrogen-bond donors (Lipinski definition) is 5. The van der Waals surface area contributed by atoms with Crippen molar-refractivity contribution < 1.29 is 34.8 Å². The molecule has 0 heterocycles. The first-order valence-corrected chi connectivity index (χ1v) is 13.6. The Morgan fingerprint density at radius 1 is 1.15 bits per heavy atom. The maximum absolute atomic E-state index is 13.9. The Bertz CT molecular complexity index is 1350. The zero-order chi connectivity index (χ0) is 28.5. The SMILES string of the molecule is CN(Cc1cc(O)c2c(c1Cl)C[C@H]1C[C@H]3[C@H](N(C)C)C(=O)C(C(N)=O)=C(O)[C@@]3(O)C(=O)C1=C2O)C1CCCC1. The largest absolute Gasteiger partial charge is 0.508 e. The summed E-state index contributed by atoms with van der Waals surface area (Å²) in [6, 6.07) is 0.779. The second kappa shape index (κ2) is 9.62. The van der Waals surface area contributed by atoms with Crippen LogP contribution in [0.15, 0.2) is 23.0 Å².